The molecular weight excluding hydrogens is 491 g/mol. The molecule has 5 N–H and O–H groups in total. The Bertz CT molecular complexity index is 644. The zero-order valence-electron chi connectivity index (χ0n) is 23.5. The van der Waals surface area contributed by atoms with Gasteiger partial charge in [0.1, 0.15) is 0 Å². The monoisotopic (exact) mass is 546 g/mol. The van der Waals surface area contributed by atoms with Crippen LogP contribution in [-0.4, -0.2) is 47.8 Å². The predicted molar refractivity (Wildman–Crippen MR) is 152 cm³/mol. The zero-order chi connectivity index (χ0) is 27.6. The highest BCUT2D eigenvalue weighted by Crippen LogP contribution is 2.43. The molecule has 0 fully saturated rings. The molecule has 0 spiro atoms. The molecule has 0 aromatic heterocycles. The average molecular weight is 547 g/mol. The smallest absolute Gasteiger partial charge is 0.387 e. The number of rotatable bonds is 26. The SMILES string of the molecule is CCC/C=C\CCCCCCCC(=O)NC(COP(=O)(O)OCCN)C(O)/C=C/CCCCCCCC. The Labute approximate surface area is 226 Å². The van der Waals surface area contributed by atoms with Crippen LogP contribution in [0.1, 0.15) is 117 Å². The van der Waals surface area contributed by atoms with Gasteiger partial charge in [0.25, 0.3) is 0 Å². The maximum absolute atomic E-state index is 12.5. The lowest BCUT2D eigenvalue weighted by Crippen LogP contribution is -2.45. The van der Waals surface area contributed by atoms with Crippen LogP contribution in [-0.2, 0) is 18.4 Å². The van der Waals surface area contributed by atoms with Crippen molar-refractivity contribution >= 4 is 13.7 Å². The van der Waals surface area contributed by atoms with Crippen LogP contribution in [0.3, 0.4) is 0 Å². The minimum atomic E-state index is -4.31. The van der Waals surface area contributed by atoms with Crippen LogP contribution in [0.5, 0.6) is 0 Å². The first-order valence-corrected chi connectivity index (χ1v) is 16.0. The van der Waals surface area contributed by atoms with Gasteiger partial charge in [-0.1, -0.05) is 95.9 Å². The van der Waals surface area contributed by atoms with E-state index in [1.165, 1.54) is 32.1 Å². The van der Waals surface area contributed by atoms with Crippen molar-refractivity contribution in [1.82, 2.24) is 5.32 Å². The third kappa shape index (κ3) is 23.8. The van der Waals surface area contributed by atoms with E-state index in [1.807, 2.05) is 6.08 Å². The maximum Gasteiger partial charge on any atom is 0.472 e. The van der Waals surface area contributed by atoms with Gasteiger partial charge in [-0.25, -0.2) is 4.57 Å². The number of aliphatic hydroxyl groups excluding tert-OH is 1. The molecule has 37 heavy (non-hydrogen) atoms. The van der Waals surface area contributed by atoms with Crippen molar-refractivity contribution in [3.63, 3.8) is 0 Å². The van der Waals surface area contributed by atoms with E-state index in [2.05, 4.69) is 31.3 Å². The zero-order valence-corrected chi connectivity index (χ0v) is 24.3. The summed E-state index contributed by atoms with van der Waals surface area (Å²) in [5.74, 6) is -0.213. The van der Waals surface area contributed by atoms with Gasteiger partial charge in [-0.05, 0) is 38.5 Å². The molecule has 3 atom stereocenters. The number of unbranched alkanes of at least 4 members (excludes halogenated alkanes) is 12. The van der Waals surface area contributed by atoms with E-state index >= 15 is 0 Å². The molecule has 218 valence electrons. The highest BCUT2D eigenvalue weighted by atomic mass is 31.2. The molecule has 0 saturated heterocycles. The summed E-state index contributed by atoms with van der Waals surface area (Å²) < 4.78 is 21.8. The number of carbonyl (C=O) groups excluding carboxylic acids is 1. The Balaban J connectivity index is 4.52. The van der Waals surface area contributed by atoms with E-state index in [9.17, 15) is 19.4 Å². The number of amides is 1. The third-order valence-corrected chi connectivity index (χ3v) is 6.99. The van der Waals surface area contributed by atoms with Crippen molar-refractivity contribution in [3.8, 4) is 0 Å². The summed E-state index contributed by atoms with van der Waals surface area (Å²) in [6.07, 6.45) is 23.8. The number of nitrogens with one attached hydrogen (secondary N) is 1. The fourth-order valence-corrected chi connectivity index (χ4v) is 4.54. The summed E-state index contributed by atoms with van der Waals surface area (Å²) in [6.45, 7) is 3.97. The Morgan fingerprint density at radius 1 is 0.865 bits per heavy atom. The quantitative estimate of drug-likeness (QED) is 0.0567. The molecule has 0 radical (unpaired) electrons. The standard InChI is InChI=1S/C28H55N2O6P/c1-3-5-7-9-11-13-14-16-18-20-22-28(32)30-26(25-36-37(33,34)35-24-23-29)27(31)21-19-17-15-12-10-8-6-4-2/h7,9,19,21,26-27,31H,3-6,8,10-18,20,22-25,29H2,1-2H3,(H,30,32)(H,33,34)/b9-7-,21-19+. The Morgan fingerprint density at radius 2 is 1.46 bits per heavy atom. The van der Waals surface area contributed by atoms with E-state index < -0.39 is 20.0 Å². The van der Waals surface area contributed by atoms with Crippen LogP contribution < -0.4 is 11.1 Å². The molecule has 0 aromatic rings. The van der Waals surface area contributed by atoms with Crippen molar-refractivity contribution < 1.29 is 28.4 Å². The Morgan fingerprint density at radius 3 is 2.11 bits per heavy atom. The summed E-state index contributed by atoms with van der Waals surface area (Å²) in [6, 6.07) is -0.856. The lowest BCUT2D eigenvalue weighted by Gasteiger charge is -2.23. The van der Waals surface area contributed by atoms with Gasteiger partial charge in [-0.15, -0.1) is 0 Å². The summed E-state index contributed by atoms with van der Waals surface area (Å²) >= 11 is 0. The molecule has 9 heteroatoms. The second-order valence-corrected chi connectivity index (χ2v) is 11.1. The van der Waals surface area contributed by atoms with E-state index in [4.69, 9.17) is 14.8 Å². The lowest BCUT2D eigenvalue weighted by molar-refractivity contribution is -0.123. The van der Waals surface area contributed by atoms with Gasteiger partial charge < -0.3 is 21.1 Å². The second kappa shape index (κ2) is 25.3. The molecule has 0 aliphatic carbocycles. The maximum atomic E-state index is 12.5. The summed E-state index contributed by atoms with van der Waals surface area (Å²) in [5, 5.41) is 13.4. The van der Waals surface area contributed by atoms with Crippen LogP contribution in [0, 0.1) is 0 Å². The first-order valence-electron chi connectivity index (χ1n) is 14.5. The molecule has 0 aliphatic rings. The fraction of sp³-hybridized carbons (Fsp3) is 0.821. The first-order chi connectivity index (χ1) is 17.9. The average Bonchev–Trinajstić information content (AvgIpc) is 2.87. The van der Waals surface area contributed by atoms with Gasteiger partial charge in [-0.3, -0.25) is 13.8 Å². The predicted octanol–water partition coefficient (Wildman–Crippen LogP) is 6.32. The number of hydrogen-bond acceptors (Lipinski definition) is 6. The summed E-state index contributed by atoms with van der Waals surface area (Å²) in [7, 11) is -4.31. The molecule has 0 heterocycles. The highest BCUT2D eigenvalue weighted by Gasteiger charge is 2.26. The Kier molecular flexibility index (Phi) is 24.6. The molecule has 0 rings (SSSR count). The van der Waals surface area contributed by atoms with Crippen LogP contribution in [0.25, 0.3) is 0 Å². The van der Waals surface area contributed by atoms with E-state index in [1.54, 1.807) is 6.08 Å². The lowest BCUT2D eigenvalue weighted by atomic mass is 10.1. The van der Waals surface area contributed by atoms with Crippen molar-refractivity contribution in [3.05, 3.63) is 24.3 Å². The first kappa shape index (κ1) is 36.0. The highest BCUT2D eigenvalue weighted by molar-refractivity contribution is 7.47. The molecule has 0 aromatic carbocycles. The number of phosphoric acid groups is 1. The number of aliphatic hydroxyl groups is 1. The van der Waals surface area contributed by atoms with Crippen LogP contribution in [0.15, 0.2) is 24.3 Å². The van der Waals surface area contributed by atoms with Crippen molar-refractivity contribution in [2.45, 2.75) is 129 Å². The number of phosphoric ester groups is 1. The molecule has 0 saturated carbocycles. The molecule has 3 unspecified atom stereocenters. The van der Waals surface area contributed by atoms with Gasteiger partial charge in [0.05, 0.1) is 25.4 Å². The number of nitrogens with two attached hydrogens (primary N) is 1. The third-order valence-electron chi connectivity index (χ3n) is 6.00. The molecule has 0 aliphatic heterocycles. The summed E-state index contributed by atoms with van der Waals surface area (Å²) in [5.41, 5.74) is 5.31. The van der Waals surface area contributed by atoms with Gasteiger partial charge in [0.2, 0.25) is 5.91 Å². The number of hydrogen-bond donors (Lipinski definition) is 4. The van der Waals surface area contributed by atoms with Crippen LogP contribution >= 0.6 is 7.82 Å². The van der Waals surface area contributed by atoms with Crippen molar-refractivity contribution in [2.24, 2.45) is 5.73 Å². The normalized spacial score (nSPS) is 15.3. The summed E-state index contributed by atoms with van der Waals surface area (Å²) in [4.78, 5) is 22.3. The van der Waals surface area contributed by atoms with Gasteiger partial charge in [0, 0.05) is 13.0 Å². The number of allylic oxidation sites excluding steroid dienone is 3. The molecule has 0 bridgehead atoms. The number of carbonyl (C=O) groups is 1. The van der Waals surface area contributed by atoms with Gasteiger partial charge >= 0.3 is 7.82 Å². The Hall–Kier alpha value is -1.02. The molecule has 1 amide bonds. The van der Waals surface area contributed by atoms with Gasteiger partial charge in [0.15, 0.2) is 0 Å². The minimum Gasteiger partial charge on any atom is -0.387 e. The van der Waals surface area contributed by atoms with E-state index in [-0.39, 0.29) is 25.7 Å². The largest absolute Gasteiger partial charge is 0.472 e. The minimum absolute atomic E-state index is 0.0768. The van der Waals surface area contributed by atoms with Crippen LogP contribution in [0.4, 0.5) is 0 Å². The second-order valence-electron chi connectivity index (χ2n) is 9.60. The van der Waals surface area contributed by atoms with Crippen molar-refractivity contribution in [1.29, 1.82) is 0 Å². The molecular formula is C28H55N2O6P. The van der Waals surface area contributed by atoms with Crippen molar-refractivity contribution in [2.75, 3.05) is 19.8 Å². The van der Waals surface area contributed by atoms with Crippen LogP contribution in [0.2, 0.25) is 0 Å². The topological polar surface area (TPSA) is 131 Å². The van der Waals surface area contributed by atoms with Gasteiger partial charge in [-0.2, -0.15) is 0 Å². The van der Waals surface area contributed by atoms with E-state index in [0.29, 0.717) is 6.42 Å². The fourth-order valence-electron chi connectivity index (χ4n) is 3.78. The molecule has 8 nitrogen and oxygen atoms in total. The van der Waals surface area contributed by atoms with E-state index in [0.717, 1.165) is 64.2 Å².